The van der Waals surface area contributed by atoms with E-state index in [0.717, 1.165) is 16.5 Å². The van der Waals surface area contributed by atoms with Gasteiger partial charge in [0.05, 0.1) is 0 Å². The van der Waals surface area contributed by atoms with Crippen LogP contribution in [0.25, 0.3) is 10.9 Å². The number of rotatable bonds is 3. The van der Waals surface area contributed by atoms with E-state index in [1.807, 2.05) is 24.3 Å². The first-order valence-electron chi connectivity index (χ1n) is 4.71. The number of carboxylic acid groups (broad SMARTS) is 1. The van der Waals surface area contributed by atoms with E-state index in [9.17, 15) is 4.79 Å². The Bertz CT molecular complexity index is 502. The Morgan fingerprint density at radius 2 is 2.13 bits per heavy atom. The topological polar surface area (TPSA) is 68.2 Å². The number of nitrogens with zero attached hydrogens (tertiary/aromatic N) is 1. The van der Waals surface area contributed by atoms with Crippen LogP contribution in [-0.4, -0.2) is 15.6 Å². The van der Waals surface area contributed by atoms with Crippen LogP contribution < -0.4 is 5.73 Å². The van der Waals surface area contributed by atoms with E-state index in [2.05, 4.69) is 0 Å². The quantitative estimate of drug-likeness (QED) is 0.788. The van der Waals surface area contributed by atoms with Crippen LogP contribution in [0.1, 0.15) is 5.56 Å². The molecule has 2 rings (SSSR count). The molecule has 0 bridgehead atoms. The fraction of sp³-hybridized carbons (Fsp3) is 0.182. The molecular weight excluding hydrogens is 192 g/mol. The Morgan fingerprint density at radius 1 is 1.40 bits per heavy atom. The van der Waals surface area contributed by atoms with Gasteiger partial charge in [0.25, 0.3) is 0 Å². The van der Waals surface area contributed by atoms with Crippen molar-refractivity contribution in [3.8, 4) is 0 Å². The highest BCUT2D eigenvalue weighted by atomic mass is 16.4. The van der Waals surface area contributed by atoms with Gasteiger partial charge in [0, 0.05) is 23.6 Å². The van der Waals surface area contributed by atoms with E-state index in [-0.39, 0.29) is 6.54 Å². The highest BCUT2D eigenvalue weighted by molar-refractivity contribution is 5.85. The Hall–Kier alpha value is -1.81. The number of carbonyl (C=O) groups is 1. The summed E-state index contributed by atoms with van der Waals surface area (Å²) in [5.41, 5.74) is 7.49. The predicted octanol–water partition coefficient (Wildman–Crippen LogP) is 1.18. The molecule has 78 valence electrons. The maximum Gasteiger partial charge on any atom is 0.323 e. The average molecular weight is 204 g/mol. The molecule has 1 heterocycles. The standard InChI is InChI=1S/C11H12N2O2/c12-5-8-6-13(7-11(14)15)10-4-2-1-3-9(8)10/h1-4,6H,5,7,12H2,(H,14,15). The smallest absolute Gasteiger partial charge is 0.323 e. The zero-order valence-corrected chi connectivity index (χ0v) is 8.18. The van der Waals surface area contributed by atoms with Crippen LogP contribution in [0.5, 0.6) is 0 Å². The van der Waals surface area contributed by atoms with E-state index in [4.69, 9.17) is 10.8 Å². The maximum atomic E-state index is 10.7. The fourth-order valence-corrected chi connectivity index (χ4v) is 1.76. The van der Waals surface area contributed by atoms with Gasteiger partial charge in [0.2, 0.25) is 0 Å². The number of aromatic nitrogens is 1. The number of hydrogen-bond acceptors (Lipinski definition) is 2. The molecule has 4 heteroatoms. The van der Waals surface area contributed by atoms with Gasteiger partial charge in [-0.2, -0.15) is 0 Å². The highest BCUT2D eigenvalue weighted by Gasteiger charge is 2.08. The second-order valence-corrected chi connectivity index (χ2v) is 3.40. The highest BCUT2D eigenvalue weighted by Crippen LogP contribution is 2.20. The van der Waals surface area contributed by atoms with Gasteiger partial charge in [0.1, 0.15) is 6.54 Å². The summed E-state index contributed by atoms with van der Waals surface area (Å²) < 4.78 is 1.71. The number of benzene rings is 1. The molecule has 15 heavy (non-hydrogen) atoms. The molecule has 0 radical (unpaired) electrons. The van der Waals surface area contributed by atoms with E-state index in [1.165, 1.54) is 0 Å². The summed E-state index contributed by atoms with van der Waals surface area (Å²) in [6.45, 7) is 0.396. The molecule has 1 aromatic carbocycles. The van der Waals surface area contributed by atoms with Gasteiger partial charge in [-0.05, 0) is 11.6 Å². The van der Waals surface area contributed by atoms with E-state index < -0.39 is 5.97 Å². The van der Waals surface area contributed by atoms with Crippen molar-refractivity contribution in [2.45, 2.75) is 13.1 Å². The van der Waals surface area contributed by atoms with Gasteiger partial charge in [-0.1, -0.05) is 18.2 Å². The Balaban J connectivity index is 2.59. The van der Waals surface area contributed by atoms with Crippen molar-refractivity contribution in [1.82, 2.24) is 4.57 Å². The predicted molar refractivity (Wildman–Crippen MR) is 57.5 cm³/mol. The molecule has 2 aromatic rings. The summed E-state index contributed by atoms with van der Waals surface area (Å²) in [7, 11) is 0. The largest absolute Gasteiger partial charge is 0.480 e. The fourth-order valence-electron chi connectivity index (χ4n) is 1.76. The molecule has 0 aliphatic heterocycles. The Morgan fingerprint density at radius 3 is 2.80 bits per heavy atom. The van der Waals surface area contributed by atoms with Crippen LogP contribution >= 0.6 is 0 Å². The summed E-state index contributed by atoms with van der Waals surface area (Å²) in [5.74, 6) is -0.848. The first-order chi connectivity index (χ1) is 7.22. The van der Waals surface area contributed by atoms with Crippen molar-refractivity contribution in [2.75, 3.05) is 0 Å². The molecule has 0 saturated carbocycles. The van der Waals surface area contributed by atoms with Crippen molar-refractivity contribution in [2.24, 2.45) is 5.73 Å². The summed E-state index contributed by atoms with van der Waals surface area (Å²) in [6.07, 6.45) is 1.80. The average Bonchev–Trinajstić information content (AvgIpc) is 2.56. The summed E-state index contributed by atoms with van der Waals surface area (Å²) in [5, 5.41) is 9.79. The molecule has 0 spiro atoms. The molecule has 4 nitrogen and oxygen atoms in total. The Kier molecular flexibility index (Phi) is 2.43. The number of aliphatic carboxylic acids is 1. The van der Waals surface area contributed by atoms with Gasteiger partial charge in [-0.25, -0.2) is 0 Å². The van der Waals surface area contributed by atoms with Gasteiger partial charge < -0.3 is 15.4 Å². The number of carboxylic acids is 1. The maximum absolute atomic E-state index is 10.7. The van der Waals surface area contributed by atoms with Gasteiger partial charge >= 0.3 is 5.97 Å². The van der Waals surface area contributed by atoms with Crippen molar-refractivity contribution < 1.29 is 9.90 Å². The molecule has 0 amide bonds. The van der Waals surface area contributed by atoms with Crippen molar-refractivity contribution in [3.63, 3.8) is 0 Å². The van der Waals surface area contributed by atoms with Crippen LogP contribution in [0, 0.1) is 0 Å². The second kappa shape index (κ2) is 3.74. The van der Waals surface area contributed by atoms with Crippen molar-refractivity contribution in [1.29, 1.82) is 0 Å². The second-order valence-electron chi connectivity index (χ2n) is 3.40. The van der Waals surface area contributed by atoms with Gasteiger partial charge in [0.15, 0.2) is 0 Å². The van der Waals surface area contributed by atoms with Gasteiger partial charge in [-0.3, -0.25) is 4.79 Å². The number of hydrogen-bond donors (Lipinski definition) is 2. The first-order valence-corrected chi connectivity index (χ1v) is 4.71. The zero-order chi connectivity index (χ0) is 10.8. The number of para-hydroxylation sites is 1. The Labute approximate surface area is 86.9 Å². The third-order valence-electron chi connectivity index (χ3n) is 2.40. The summed E-state index contributed by atoms with van der Waals surface area (Å²) >= 11 is 0. The van der Waals surface area contributed by atoms with E-state index in [1.54, 1.807) is 10.8 Å². The SMILES string of the molecule is NCc1cn(CC(=O)O)c2ccccc12. The number of nitrogens with two attached hydrogens (primary N) is 1. The van der Waals surface area contributed by atoms with Gasteiger partial charge in [-0.15, -0.1) is 0 Å². The minimum atomic E-state index is -0.848. The monoisotopic (exact) mass is 204 g/mol. The van der Waals surface area contributed by atoms with Crippen LogP contribution in [0.3, 0.4) is 0 Å². The van der Waals surface area contributed by atoms with E-state index >= 15 is 0 Å². The normalized spacial score (nSPS) is 10.7. The number of fused-ring (bicyclic) bond motifs is 1. The van der Waals surface area contributed by atoms with Crippen molar-refractivity contribution >= 4 is 16.9 Å². The van der Waals surface area contributed by atoms with Crippen LogP contribution in [0.2, 0.25) is 0 Å². The molecule has 0 unspecified atom stereocenters. The van der Waals surface area contributed by atoms with Crippen molar-refractivity contribution in [3.05, 3.63) is 36.0 Å². The first kappa shape index (κ1) is 9.73. The third-order valence-corrected chi connectivity index (χ3v) is 2.40. The lowest BCUT2D eigenvalue weighted by Crippen LogP contribution is -2.07. The van der Waals surface area contributed by atoms with Crippen LogP contribution in [-0.2, 0) is 17.9 Å². The summed E-state index contributed by atoms with van der Waals surface area (Å²) in [4.78, 5) is 10.7. The van der Waals surface area contributed by atoms with Crippen LogP contribution in [0.15, 0.2) is 30.5 Å². The minimum absolute atomic E-state index is 0.0273. The lowest BCUT2D eigenvalue weighted by molar-refractivity contribution is -0.137. The lowest BCUT2D eigenvalue weighted by atomic mass is 10.2. The molecule has 0 saturated heterocycles. The minimum Gasteiger partial charge on any atom is -0.480 e. The molecule has 1 aromatic heterocycles. The molecule has 0 aliphatic carbocycles. The molecule has 0 atom stereocenters. The molecule has 0 fully saturated rings. The summed E-state index contributed by atoms with van der Waals surface area (Å²) in [6, 6.07) is 7.67. The zero-order valence-electron chi connectivity index (χ0n) is 8.18. The third kappa shape index (κ3) is 1.71. The van der Waals surface area contributed by atoms with Crippen LogP contribution in [0.4, 0.5) is 0 Å². The molecule has 3 N–H and O–H groups in total. The molecular formula is C11H12N2O2. The van der Waals surface area contributed by atoms with E-state index in [0.29, 0.717) is 6.54 Å². The lowest BCUT2D eigenvalue weighted by Gasteiger charge is -1.99. The molecule has 0 aliphatic rings.